The highest BCUT2D eigenvalue weighted by molar-refractivity contribution is 5.75. The van der Waals surface area contributed by atoms with Crippen molar-refractivity contribution in [2.75, 3.05) is 46.1 Å². The number of amides is 3. The smallest absolute Gasteiger partial charge is 0.317 e. The van der Waals surface area contributed by atoms with Gasteiger partial charge in [-0.05, 0) is 0 Å². The zero-order chi connectivity index (χ0) is 15.5. The summed E-state index contributed by atoms with van der Waals surface area (Å²) in [5.41, 5.74) is 5.07. The van der Waals surface area contributed by atoms with E-state index in [1.807, 2.05) is 0 Å². The summed E-state index contributed by atoms with van der Waals surface area (Å²) in [5.74, 6) is -0.529. The molecule has 4 atom stereocenters. The molecule has 3 amide bonds. The molecule has 3 rings (SSSR count). The van der Waals surface area contributed by atoms with Crippen LogP contribution in [0.4, 0.5) is 4.79 Å². The molecule has 3 aliphatic rings. The summed E-state index contributed by atoms with van der Waals surface area (Å²) in [6.45, 7) is 2.80. The van der Waals surface area contributed by atoms with Crippen LogP contribution in [-0.2, 0) is 23.7 Å². The number of carbonyl (C=O) groups excluding carboxylic acids is 2. The average Bonchev–Trinajstić information content (AvgIpc) is 3.09. The fourth-order valence-corrected chi connectivity index (χ4v) is 2.94. The molecule has 0 bridgehead atoms. The summed E-state index contributed by atoms with van der Waals surface area (Å²) in [6.07, 6.45) is -0.875. The third kappa shape index (κ3) is 3.32. The lowest BCUT2D eigenvalue weighted by Crippen LogP contribution is -2.52. The first kappa shape index (κ1) is 15.5. The highest BCUT2D eigenvalue weighted by Gasteiger charge is 2.49. The summed E-state index contributed by atoms with van der Waals surface area (Å²) in [6, 6.07) is -0.356. The van der Waals surface area contributed by atoms with Gasteiger partial charge in [-0.3, -0.25) is 4.79 Å². The Kier molecular flexibility index (Phi) is 4.77. The molecule has 0 saturated carbocycles. The lowest BCUT2D eigenvalue weighted by molar-refractivity contribution is -0.126. The van der Waals surface area contributed by atoms with Crippen LogP contribution >= 0.6 is 0 Å². The first-order valence-corrected chi connectivity index (χ1v) is 7.41. The Morgan fingerprint density at radius 1 is 1.18 bits per heavy atom. The molecule has 124 valence electrons. The SMILES string of the molecule is NC(=O)COC1COC2C(NC(=O)N3CCOCC3)COC12. The predicted octanol–water partition coefficient (Wildman–Crippen LogP) is -1.94. The van der Waals surface area contributed by atoms with Crippen LogP contribution in [0.1, 0.15) is 0 Å². The van der Waals surface area contributed by atoms with Crippen molar-refractivity contribution in [3.05, 3.63) is 0 Å². The number of urea groups is 1. The maximum absolute atomic E-state index is 12.2. The number of hydrogen-bond donors (Lipinski definition) is 2. The fourth-order valence-electron chi connectivity index (χ4n) is 2.94. The Morgan fingerprint density at radius 2 is 1.91 bits per heavy atom. The van der Waals surface area contributed by atoms with E-state index in [1.165, 1.54) is 0 Å². The average molecular weight is 315 g/mol. The van der Waals surface area contributed by atoms with Crippen LogP contribution in [0, 0.1) is 0 Å². The highest BCUT2D eigenvalue weighted by Crippen LogP contribution is 2.29. The van der Waals surface area contributed by atoms with Crippen molar-refractivity contribution in [2.45, 2.75) is 24.4 Å². The van der Waals surface area contributed by atoms with E-state index in [-0.39, 0.29) is 37.0 Å². The number of primary amides is 1. The third-order valence-electron chi connectivity index (χ3n) is 4.05. The van der Waals surface area contributed by atoms with Crippen LogP contribution in [0.3, 0.4) is 0 Å². The molecular weight excluding hydrogens is 294 g/mol. The van der Waals surface area contributed by atoms with Crippen molar-refractivity contribution in [3.63, 3.8) is 0 Å². The lowest BCUT2D eigenvalue weighted by Gasteiger charge is -2.29. The number of morpholine rings is 1. The van der Waals surface area contributed by atoms with E-state index in [2.05, 4.69) is 5.32 Å². The van der Waals surface area contributed by atoms with E-state index in [4.69, 9.17) is 24.7 Å². The van der Waals surface area contributed by atoms with Gasteiger partial charge in [-0.15, -0.1) is 0 Å². The van der Waals surface area contributed by atoms with Crippen molar-refractivity contribution in [2.24, 2.45) is 5.73 Å². The monoisotopic (exact) mass is 315 g/mol. The molecule has 0 spiro atoms. The van der Waals surface area contributed by atoms with Crippen LogP contribution in [0.25, 0.3) is 0 Å². The van der Waals surface area contributed by atoms with E-state index in [0.717, 1.165) is 0 Å². The van der Waals surface area contributed by atoms with Crippen LogP contribution < -0.4 is 11.1 Å². The number of nitrogens with two attached hydrogens (primary N) is 1. The van der Waals surface area contributed by atoms with E-state index in [0.29, 0.717) is 39.5 Å². The molecule has 0 aromatic heterocycles. The van der Waals surface area contributed by atoms with Crippen molar-refractivity contribution in [3.8, 4) is 0 Å². The molecule has 3 saturated heterocycles. The second-order valence-corrected chi connectivity index (χ2v) is 5.57. The Hall–Kier alpha value is -1.42. The maximum atomic E-state index is 12.2. The van der Waals surface area contributed by atoms with E-state index < -0.39 is 5.91 Å². The molecule has 0 aliphatic carbocycles. The molecule has 3 aliphatic heterocycles. The molecule has 0 aromatic carbocycles. The van der Waals surface area contributed by atoms with Gasteiger partial charge in [0.1, 0.15) is 24.9 Å². The van der Waals surface area contributed by atoms with Crippen LogP contribution in [0.2, 0.25) is 0 Å². The second kappa shape index (κ2) is 6.78. The summed E-state index contributed by atoms with van der Waals surface area (Å²) in [4.78, 5) is 24.7. The topological polar surface area (TPSA) is 112 Å². The first-order valence-electron chi connectivity index (χ1n) is 7.41. The summed E-state index contributed by atoms with van der Waals surface area (Å²) in [5, 5.41) is 2.94. The lowest BCUT2D eigenvalue weighted by atomic mass is 10.1. The van der Waals surface area contributed by atoms with Gasteiger partial charge in [0.05, 0.1) is 32.5 Å². The van der Waals surface area contributed by atoms with E-state index >= 15 is 0 Å². The molecule has 3 fully saturated rings. The molecule has 0 aromatic rings. The normalized spacial score (nSPS) is 34.5. The first-order chi connectivity index (χ1) is 10.6. The van der Waals surface area contributed by atoms with Gasteiger partial charge in [0, 0.05) is 13.1 Å². The van der Waals surface area contributed by atoms with Gasteiger partial charge >= 0.3 is 6.03 Å². The number of nitrogens with one attached hydrogen (secondary N) is 1. The minimum absolute atomic E-state index is 0.136. The van der Waals surface area contributed by atoms with Crippen molar-refractivity contribution >= 4 is 11.9 Å². The molecule has 3 N–H and O–H groups in total. The molecule has 22 heavy (non-hydrogen) atoms. The number of rotatable bonds is 4. The van der Waals surface area contributed by atoms with Gasteiger partial charge in [0.25, 0.3) is 0 Å². The summed E-state index contributed by atoms with van der Waals surface area (Å²) in [7, 11) is 0. The third-order valence-corrected chi connectivity index (χ3v) is 4.05. The highest BCUT2D eigenvalue weighted by atomic mass is 16.6. The van der Waals surface area contributed by atoms with Crippen molar-refractivity contribution in [1.82, 2.24) is 10.2 Å². The Bertz CT molecular complexity index is 428. The quantitative estimate of drug-likeness (QED) is 0.624. The fraction of sp³-hybridized carbons (Fsp3) is 0.846. The minimum Gasteiger partial charge on any atom is -0.378 e. The van der Waals surface area contributed by atoms with Crippen LogP contribution in [0.15, 0.2) is 0 Å². The second-order valence-electron chi connectivity index (χ2n) is 5.57. The Balaban J connectivity index is 1.50. The number of carbonyl (C=O) groups is 2. The molecular formula is C13H21N3O6. The maximum Gasteiger partial charge on any atom is 0.317 e. The Labute approximate surface area is 128 Å². The minimum atomic E-state index is -0.529. The summed E-state index contributed by atoms with van der Waals surface area (Å²) < 4.78 is 21.9. The van der Waals surface area contributed by atoms with Gasteiger partial charge in [-0.25, -0.2) is 4.79 Å². The number of fused-ring (bicyclic) bond motifs is 1. The van der Waals surface area contributed by atoms with Gasteiger partial charge in [-0.1, -0.05) is 0 Å². The van der Waals surface area contributed by atoms with Crippen molar-refractivity contribution < 1.29 is 28.5 Å². The zero-order valence-electron chi connectivity index (χ0n) is 12.2. The summed E-state index contributed by atoms with van der Waals surface area (Å²) >= 11 is 0. The molecule has 4 unspecified atom stereocenters. The van der Waals surface area contributed by atoms with E-state index in [1.54, 1.807) is 4.90 Å². The number of ether oxygens (including phenoxy) is 4. The molecule has 0 radical (unpaired) electrons. The molecule has 9 nitrogen and oxygen atoms in total. The Morgan fingerprint density at radius 3 is 2.64 bits per heavy atom. The largest absolute Gasteiger partial charge is 0.378 e. The van der Waals surface area contributed by atoms with Crippen LogP contribution in [-0.4, -0.2) is 87.3 Å². The zero-order valence-corrected chi connectivity index (χ0v) is 12.2. The number of nitrogens with zero attached hydrogens (tertiary/aromatic N) is 1. The predicted molar refractivity (Wildman–Crippen MR) is 73.1 cm³/mol. The number of hydrogen-bond acceptors (Lipinski definition) is 6. The van der Waals surface area contributed by atoms with Crippen LogP contribution in [0.5, 0.6) is 0 Å². The van der Waals surface area contributed by atoms with E-state index in [9.17, 15) is 9.59 Å². The van der Waals surface area contributed by atoms with Gasteiger partial charge in [-0.2, -0.15) is 0 Å². The van der Waals surface area contributed by atoms with Gasteiger partial charge < -0.3 is 34.9 Å². The molecule has 3 heterocycles. The molecule has 9 heteroatoms. The standard InChI is InChI=1S/C13H21N3O6/c14-10(17)7-20-9-6-22-11-8(5-21-12(9)11)15-13(18)16-1-3-19-4-2-16/h8-9,11-12H,1-7H2,(H2,14,17)(H,15,18). The van der Waals surface area contributed by atoms with Gasteiger partial charge in [0.15, 0.2) is 0 Å². The van der Waals surface area contributed by atoms with Gasteiger partial charge in [0.2, 0.25) is 5.91 Å². The van der Waals surface area contributed by atoms with Crippen molar-refractivity contribution in [1.29, 1.82) is 0 Å².